The summed E-state index contributed by atoms with van der Waals surface area (Å²) in [5.41, 5.74) is 7.20. The fourth-order valence-corrected chi connectivity index (χ4v) is 2.87. The van der Waals surface area contributed by atoms with Crippen LogP contribution in [0.25, 0.3) is 0 Å². The molecule has 1 aliphatic carbocycles. The Labute approximate surface area is 117 Å². The summed E-state index contributed by atoms with van der Waals surface area (Å²) in [5, 5.41) is 0. The molecule has 0 spiro atoms. The molecule has 0 bridgehead atoms. The van der Waals surface area contributed by atoms with Crippen LogP contribution >= 0.6 is 0 Å². The molecule has 2 rings (SSSR count). The zero-order valence-corrected chi connectivity index (χ0v) is 12.1. The fraction of sp³-hybridized carbons (Fsp3) is 0.647. The number of rotatable bonds is 6. The Morgan fingerprint density at radius 1 is 1.16 bits per heavy atom. The van der Waals surface area contributed by atoms with Crippen molar-refractivity contribution in [2.24, 2.45) is 11.7 Å². The smallest absolute Gasteiger partial charge is 0.119 e. The van der Waals surface area contributed by atoms with Gasteiger partial charge in [0.25, 0.3) is 0 Å². The molecule has 1 fully saturated rings. The lowest BCUT2D eigenvalue weighted by Gasteiger charge is -2.21. The van der Waals surface area contributed by atoms with Crippen LogP contribution in [0.4, 0.5) is 0 Å². The third-order valence-corrected chi connectivity index (χ3v) is 4.27. The molecule has 106 valence electrons. The van der Waals surface area contributed by atoms with Gasteiger partial charge in [-0.1, -0.05) is 51.2 Å². The minimum atomic E-state index is 0.149. The zero-order chi connectivity index (χ0) is 13.5. The van der Waals surface area contributed by atoms with Crippen molar-refractivity contribution in [3.8, 4) is 5.75 Å². The maximum atomic E-state index is 6.00. The van der Waals surface area contributed by atoms with Crippen molar-refractivity contribution >= 4 is 0 Å². The molecule has 2 heteroatoms. The first-order valence-electron chi connectivity index (χ1n) is 7.78. The quantitative estimate of drug-likeness (QED) is 0.821. The molecular formula is C17H27NO. The maximum Gasteiger partial charge on any atom is 0.119 e. The predicted octanol–water partition coefficient (Wildman–Crippen LogP) is 4.45. The van der Waals surface area contributed by atoms with E-state index in [1.165, 1.54) is 44.1 Å². The van der Waals surface area contributed by atoms with Gasteiger partial charge in [-0.15, -0.1) is 0 Å². The first kappa shape index (κ1) is 14.4. The van der Waals surface area contributed by atoms with E-state index in [4.69, 9.17) is 10.5 Å². The maximum absolute atomic E-state index is 6.00. The monoisotopic (exact) mass is 261 g/mol. The van der Waals surface area contributed by atoms with Gasteiger partial charge in [-0.2, -0.15) is 0 Å². The molecule has 0 heterocycles. The molecule has 0 radical (unpaired) electrons. The zero-order valence-electron chi connectivity index (χ0n) is 12.1. The van der Waals surface area contributed by atoms with Crippen molar-refractivity contribution in [1.82, 2.24) is 0 Å². The molecule has 1 atom stereocenters. The third kappa shape index (κ3) is 4.54. The van der Waals surface area contributed by atoms with Crippen LogP contribution in [0.5, 0.6) is 5.75 Å². The summed E-state index contributed by atoms with van der Waals surface area (Å²) in [7, 11) is 0. The largest absolute Gasteiger partial charge is 0.494 e. The van der Waals surface area contributed by atoms with E-state index in [2.05, 4.69) is 19.1 Å². The van der Waals surface area contributed by atoms with E-state index < -0.39 is 0 Å². The van der Waals surface area contributed by atoms with Crippen LogP contribution in [0.2, 0.25) is 0 Å². The van der Waals surface area contributed by atoms with E-state index >= 15 is 0 Å². The molecule has 1 aliphatic rings. The van der Waals surface area contributed by atoms with E-state index in [0.717, 1.165) is 24.7 Å². The molecule has 1 saturated carbocycles. The first-order valence-corrected chi connectivity index (χ1v) is 7.78. The van der Waals surface area contributed by atoms with Crippen LogP contribution in [0.15, 0.2) is 24.3 Å². The van der Waals surface area contributed by atoms with Crippen LogP contribution in [-0.2, 0) is 0 Å². The molecular weight excluding hydrogens is 234 g/mol. The normalized spacial score (nSPS) is 18.2. The van der Waals surface area contributed by atoms with Gasteiger partial charge in [0.05, 0.1) is 6.61 Å². The summed E-state index contributed by atoms with van der Waals surface area (Å²) in [4.78, 5) is 0. The molecule has 1 unspecified atom stereocenters. The Morgan fingerprint density at radius 3 is 2.47 bits per heavy atom. The van der Waals surface area contributed by atoms with Crippen molar-refractivity contribution in [2.75, 3.05) is 6.61 Å². The van der Waals surface area contributed by atoms with Crippen LogP contribution in [0, 0.1) is 5.92 Å². The topological polar surface area (TPSA) is 35.2 Å². The lowest BCUT2D eigenvalue weighted by Crippen LogP contribution is -2.11. The number of hydrogen-bond donors (Lipinski definition) is 1. The van der Waals surface area contributed by atoms with Crippen molar-refractivity contribution in [3.05, 3.63) is 29.8 Å². The molecule has 0 aromatic heterocycles. The fourth-order valence-electron chi connectivity index (χ4n) is 2.87. The summed E-state index contributed by atoms with van der Waals surface area (Å²) >= 11 is 0. The Hall–Kier alpha value is -1.02. The lowest BCUT2D eigenvalue weighted by atomic mass is 9.87. The molecule has 2 N–H and O–H groups in total. The van der Waals surface area contributed by atoms with E-state index in [1.54, 1.807) is 0 Å². The van der Waals surface area contributed by atoms with Gasteiger partial charge in [0, 0.05) is 6.04 Å². The lowest BCUT2D eigenvalue weighted by molar-refractivity contribution is 0.246. The summed E-state index contributed by atoms with van der Waals surface area (Å²) in [6.45, 7) is 2.96. The highest BCUT2D eigenvalue weighted by molar-refractivity contribution is 5.28. The van der Waals surface area contributed by atoms with Gasteiger partial charge in [0.15, 0.2) is 0 Å². The molecule has 2 nitrogen and oxygen atoms in total. The van der Waals surface area contributed by atoms with Crippen molar-refractivity contribution in [3.63, 3.8) is 0 Å². The minimum absolute atomic E-state index is 0.149. The van der Waals surface area contributed by atoms with E-state index in [9.17, 15) is 0 Å². The summed E-state index contributed by atoms with van der Waals surface area (Å²) < 4.78 is 5.84. The van der Waals surface area contributed by atoms with Gasteiger partial charge in [0.1, 0.15) is 5.75 Å². The molecule has 0 amide bonds. The van der Waals surface area contributed by atoms with E-state index in [0.29, 0.717) is 0 Å². The van der Waals surface area contributed by atoms with Gasteiger partial charge < -0.3 is 10.5 Å². The molecule has 1 aromatic carbocycles. The second-order valence-electron chi connectivity index (χ2n) is 5.72. The number of benzene rings is 1. The highest BCUT2D eigenvalue weighted by atomic mass is 16.5. The number of ether oxygens (including phenoxy) is 1. The standard InChI is InChI=1S/C17H27NO/c1-2-17(18)15-8-10-16(11-9-15)19-13-12-14-6-4-3-5-7-14/h8-11,14,17H,2-7,12-13,18H2,1H3. The first-order chi connectivity index (χ1) is 9.29. The summed E-state index contributed by atoms with van der Waals surface area (Å²) in [6.07, 6.45) is 9.22. The number of nitrogens with two attached hydrogens (primary N) is 1. The van der Waals surface area contributed by atoms with Gasteiger partial charge in [-0.25, -0.2) is 0 Å². The Morgan fingerprint density at radius 2 is 1.84 bits per heavy atom. The van der Waals surface area contributed by atoms with Gasteiger partial charge in [-0.05, 0) is 36.5 Å². The van der Waals surface area contributed by atoms with Crippen molar-refractivity contribution < 1.29 is 4.74 Å². The second-order valence-corrected chi connectivity index (χ2v) is 5.72. The highest BCUT2D eigenvalue weighted by Crippen LogP contribution is 2.26. The van der Waals surface area contributed by atoms with Gasteiger partial charge >= 0.3 is 0 Å². The molecule has 1 aromatic rings. The van der Waals surface area contributed by atoms with Crippen LogP contribution in [0.3, 0.4) is 0 Å². The minimum Gasteiger partial charge on any atom is -0.494 e. The van der Waals surface area contributed by atoms with Gasteiger partial charge in [-0.3, -0.25) is 0 Å². The van der Waals surface area contributed by atoms with Crippen molar-refractivity contribution in [2.45, 2.75) is 57.9 Å². The second kappa shape index (κ2) is 7.54. The predicted molar refractivity (Wildman–Crippen MR) is 80.3 cm³/mol. The SMILES string of the molecule is CCC(N)c1ccc(OCCC2CCCCC2)cc1. The average Bonchev–Trinajstić information content (AvgIpc) is 2.48. The average molecular weight is 261 g/mol. The molecule has 19 heavy (non-hydrogen) atoms. The van der Waals surface area contributed by atoms with Crippen LogP contribution in [0.1, 0.15) is 63.5 Å². The highest BCUT2D eigenvalue weighted by Gasteiger charge is 2.13. The molecule has 0 aliphatic heterocycles. The van der Waals surface area contributed by atoms with E-state index in [-0.39, 0.29) is 6.04 Å². The Kier molecular flexibility index (Phi) is 5.71. The Balaban J connectivity index is 1.73. The van der Waals surface area contributed by atoms with E-state index in [1.807, 2.05) is 12.1 Å². The van der Waals surface area contributed by atoms with Crippen molar-refractivity contribution in [1.29, 1.82) is 0 Å². The van der Waals surface area contributed by atoms with Gasteiger partial charge in [0.2, 0.25) is 0 Å². The third-order valence-electron chi connectivity index (χ3n) is 4.27. The molecule has 0 saturated heterocycles. The summed E-state index contributed by atoms with van der Waals surface area (Å²) in [6, 6.07) is 8.42. The Bertz CT molecular complexity index is 354. The van der Waals surface area contributed by atoms with Crippen LogP contribution in [-0.4, -0.2) is 6.61 Å². The summed E-state index contributed by atoms with van der Waals surface area (Å²) in [5.74, 6) is 1.87. The number of hydrogen-bond acceptors (Lipinski definition) is 2. The van der Waals surface area contributed by atoms with Crippen LogP contribution < -0.4 is 10.5 Å².